The van der Waals surface area contributed by atoms with E-state index in [4.69, 9.17) is 5.73 Å². The Kier molecular flexibility index (Phi) is 3.56. The van der Waals surface area contributed by atoms with Crippen molar-refractivity contribution in [1.82, 2.24) is 5.32 Å². The largest absolute Gasteiger partial charge is 0.352 e. The van der Waals surface area contributed by atoms with E-state index in [0.717, 1.165) is 38.5 Å². The van der Waals surface area contributed by atoms with Crippen molar-refractivity contribution in [1.29, 1.82) is 0 Å². The number of nitrogens with one attached hydrogen (secondary N) is 1. The molecule has 0 aliphatic heterocycles. The molecular formula is C16H22N2O. The second-order valence-electron chi connectivity index (χ2n) is 5.99. The lowest BCUT2D eigenvalue weighted by molar-refractivity contribution is -0.126. The Hall–Kier alpha value is -1.35. The average molecular weight is 258 g/mol. The highest BCUT2D eigenvalue weighted by Crippen LogP contribution is 2.25. The summed E-state index contributed by atoms with van der Waals surface area (Å²) in [6.45, 7) is 0. The number of fused-ring (bicyclic) bond motifs is 1. The minimum Gasteiger partial charge on any atom is -0.352 e. The standard InChI is InChI=1S/C16H22N2O/c17-14-7-5-11(6-8-14)16(19)18-15-9-12-3-1-2-4-13(12)10-15/h1-4,11,14-15H,5-10,17H2,(H,18,19). The van der Waals surface area contributed by atoms with Gasteiger partial charge in [-0.05, 0) is 49.7 Å². The Balaban J connectivity index is 1.54. The molecule has 0 radical (unpaired) electrons. The van der Waals surface area contributed by atoms with E-state index < -0.39 is 0 Å². The highest BCUT2D eigenvalue weighted by molar-refractivity contribution is 5.79. The monoisotopic (exact) mass is 258 g/mol. The van der Waals surface area contributed by atoms with Crippen molar-refractivity contribution < 1.29 is 4.79 Å². The summed E-state index contributed by atoms with van der Waals surface area (Å²) in [5.41, 5.74) is 8.66. The zero-order valence-corrected chi connectivity index (χ0v) is 11.3. The van der Waals surface area contributed by atoms with Crippen LogP contribution in [0.3, 0.4) is 0 Å². The van der Waals surface area contributed by atoms with Crippen LogP contribution in [0.5, 0.6) is 0 Å². The maximum absolute atomic E-state index is 12.3. The summed E-state index contributed by atoms with van der Waals surface area (Å²) in [4.78, 5) is 12.3. The van der Waals surface area contributed by atoms with Crippen LogP contribution >= 0.6 is 0 Å². The number of hydrogen-bond donors (Lipinski definition) is 2. The summed E-state index contributed by atoms with van der Waals surface area (Å²) in [5, 5.41) is 3.23. The molecule has 0 bridgehead atoms. The summed E-state index contributed by atoms with van der Waals surface area (Å²) in [6, 6.07) is 9.08. The lowest BCUT2D eigenvalue weighted by Gasteiger charge is -2.26. The van der Waals surface area contributed by atoms with Crippen LogP contribution in [-0.4, -0.2) is 18.0 Å². The molecule has 1 aromatic carbocycles. The van der Waals surface area contributed by atoms with E-state index in [9.17, 15) is 4.79 Å². The van der Waals surface area contributed by atoms with Crippen molar-refractivity contribution in [2.75, 3.05) is 0 Å². The number of rotatable bonds is 2. The van der Waals surface area contributed by atoms with Crippen LogP contribution in [0.2, 0.25) is 0 Å². The fourth-order valence-electron chi connectivity index (χ4n) is 3.36. The van der Waals surface area contributed by atoms with E-state index in [2.05, 4.69) is 29.6 Å². The molecule has 2 aliphatic carbocycles. The highest BCUT2D eigenvalue weighted by Gasteiger charge is 2.28. The molecule has 3 nitrogen and oxygen atoms in total. The van der Waals surface area contributed by atoms with Crippen molar-refractivity contribution in [2.45, 2.75) is 50.6 Å². The number of hydrogen-bond acceptors (Lipinski definition) is 2. The number of nitrogens with two attached hydrogens (primary N) is 1. The number of carbonyl (C=O) groups excluding carboxylic acids is 1. The fourth-order valence-corrected chi connectivity index (χ4v) is 3.36. The second kappa shape index (κ2) is 5.33. The van der Waals surface area contributed by atoms with Gasteiger partial charge < -0.3 is 11.1 Å². The van der Waals surface area contributed by atoms with Crippen LogP contribution in [0, 0.1) is 5.92 Å². The average Bonchev–Trinajstić information content (AvgIpc) is 2.81. The molecule has 0 aromatic heterocycles. The predicted octanol–water partition coefficient (Wildman–Crippen LogP) is 1.79. The van der Waals surface area contributed by atoms with Gasteiger partial charge in [0, 0.05) is 18.0 Å². The van der Waals surface area contributed by atoms with E-state index in [0.29, 0.717) is 12.1 Å². The molecular weight excluding hydrogens is 236 g/mol. The molecule has 1 aromatic rings. The van der Waals surface area contributed by atoms with E-state index in [1.165, 1.54) is 11.1 Å². The van der Waals surface area contributed by atoms with Gasteiger partial charge in [-0.25, -0.2) is 0 Å². The van der Waals surface area contributed by atoms with Gasteiger partial charge in [0.05, 0.1) is 0 Å². The predicted molar refractivity (Wildman–Crippen MR) is 75.7 cm³/mol. The van der Waals surface area contributed by atoms with Gasteiger partial charge in [0.25, 0.3) is 0 Å². The normalized spacial score (nSPS) is 27.0. The summed E-state index contributed by atoms with van der Waals surface area (Å²) >= 11 is 0. The zero-order chi connectivity index (χ0) is 13.2. The first-order valence-electron chi connectivity index (χ1n) is 7.35. The van der Waals surface area contributed by atoms with Crippen molar-refractivity contribution in [3.05, 3.63) is 35.4 Å². The van der Waals surface area contributed by atoms with Crippen LogP contribution in [0.1, 0.15) is 36.8 Å². The molecule has 0 heterocycles. The van der Waals surface area contributed by atoms with Crippen molar-refractivity contribution >= 4 is 5.91 Å². The molecule has 102 valence electrons. The molecule has 0 unspecified atom stereocenters. The Morgan fingerprint density at radius 2 is 1.63 bits per heavy atom. The molecule has 2 aliphatic rings. The van der Waals surface area contributed by atoms with Gasteiger partial charge in [0.1, 0.15) is 0 Å². The zero-order valence-electron chi connectivity index (χ0n) is 11.3. The third-order valence-electron chi connectivity index (χ3n) is 4.54. The van der Waals surface area contributed by atoms with Gasteiger partial charge in [-0.2, -0.15) is 0 Å². The topological polar surface area (TPSA) is 55.1 Å². The van der Waals surface area contributed by atoms with E-state index in [1.807, 2.05) is 0 Å². The van der Waals surface area contributed by atoms with Crippen molar-refractivity contribution in [2.24, 2.45) is 11.7 Å². The molecule has 0 saturated heterocycles. The minimum absolute atomic E-state index is 0.184. The van der Waals surface area contributed by atoms with Gasteiger partial charge in [0.2, 0.25) is 5.91 Å². The van der Waals surface area contributed by atoms with Crippen molar-refractivity contribution in [3.8, 4) is 0 Å². The van der Waals surface area contributed by atoms with Gasteiger partial charge >= 0.3 is 0 Å². The van der Waals surface area contributed by atoms with Gasteiger partial charge in [-0.3, -0.25) is 4.79 Å². The van der Waals surface area contributed by atoms with E-state index in [1.54, 1.807) is 0 Å². The summed E-state index contributed by atoms with van der Waals surface area (Å²) < 4.78 is 0. The summed E-state index contributed by atoms with van der Waals surface area (Å²) in [6.07, 6.45) is 5.84. The lowest BCUT2D eigenvalue weighted by Crippen LogP contribution is -2.41. The molecule has 3 N–H and O–H groups in total. The number of carbonyl (C=O) groups is 1. The minimum atomic E-state index is 0.184. The molecule has 3 rings (SSSR count). The second-order valence-corrected chi connectivity index (χ2v) is 5.99. The van der Waals surface area contributed by atoms with Crippen LogP contribution in [0.4, 0.5) is 0 Å². The molecule has 0 spiro atoms. The van der Waals surface area contributed by atoms with Gasteiger partial charge in [-0.15, -0.1) is 0 Å². The fraction of sp³-hybridized carbons (Fsp3) is 0.562. The Morgan fingerprint density at radius 1 is 1.05 bits per heavy atom. The third-order valence-corrected chi connectivity index (χ3v) is 4.54. The first-order chi connectivity index (χ1) is 9.22. The first kappa shape index (κ1) is 12.7. The Morgan fingerprint density at radius 3 is 2.21 bits per heavy atom. The van der Waals surface area contributed by atoms with Crippen LogP contribution in [-0.2, 0) is 17.6 Å². The summed E-state index contributed by atoms with van der Waals surface area (Å²) in [7, 11) is 0. The maximum Gasteiger partial charge on any atom is 0.223 e. The molecule has 19 heavy (non-hydrogen) atoms. The number of amides is 1. The Labute approximate surface area is 114 Å². The summed E-state index contributed by atoms with van der Waals surface area (Å²) in [5.74, 6) is 0.424. The molecule has 0 atom stereocenters. The molecule has 3 heteroatoms. The van der Waals surface area contributed by atoms with Crippen molar-refractivity contribution in [3.63, 3.8) is 0 Å². The van der Waals surface area contributed by atoms with Gasteiger partial charge in [-0.1, -0.05) is 24.3 Å². The smallest absolute Gasteiger partial charge is 0.223 e. The van der Waals surface area contributed by atoms with Crippen LogP contribution < -0.4 is 11.1 Å². The lowest BCUT2D eigenvalue weighted by atomic mass is 9.86. The maximum atomic E-state index is 12.3. The molecule has 1 saturated carbocycles. The van der Waals surface area contributed by atoms with Crippen LogP contribution in [0.15, 0.2) is 24.3 Å². The number of benzene rings is 1. The molecule has 1 fully saturated rings. The quantitative estimate of drug-likeness (QED) is 0.849. The van der Waals surface area contributed by atoms with E-state index in [-0.39, 0.29) is 11.8 Å². The highest BCUT2D eigenvalue weighted by atomic mass is 16.1. The Bertz CT molecular complexity index is 439. The SMILES string of the molecule is NC1CCC(C(=O)NC2Cc3ccccc3C2)CC1. The van der Waals surface area contributed by atoms with Gasteiger partial charge in [0.15, 0.2) is 0 Å². The third kappa shape index (κ3) is 2.81. The molecule has 1 amide bonds. The first-order valence-corrected chi connectivity index (χ1v) is 7.35. The van der Waals surface area contributed by atoms with Crippen LogP contribution in [0.25, 0.3) is 0 Å². The van der Waals surface area contributed by atoms with E-state index >= 15 is 0 Å².